The maximum Gasteiger partial charge on any atom is 0.240 e. The summed E-state index contributed by atoms with van der Waals surface area (Å²) in [4.78, 5) is 14.1. The van der Waals surface area contributed by atoms with Crippen molar-refractivity contribution < 1.29 is 4.79 Å². The van der Waals surface area contributed by atoms with E-state index in [0.717, 1.165) is 32.2 Å². The van der Waals surface area contributed by atoms with Gasteiger partial charge < -0.3 is 4.90 Å². The van der Waals surface area contributed by atoms with Crippen LogP contribution in [-0.2, 0) is 4.79 Å². The number of piperidine rings is 1. The zero-order valence-electron chi connectivity index (χ0n) is 10.4. The lowest BCUT2D eigenvalue weighted by Gasteiger charge is -2.36. The number of hydrogen-bond acceptors (Lipinski definition) is 2. The van der Waals surface area contributed by atoms with Crippen LogP contribution in [0.1, 0.15) is 52.4 Å². The van der Waals surface area contributed by atoms with E-state index in [1.807, 2.05) is 11.8 Å². The minimum absolute atomic E-state index is 0.0585. The number of amides is 1. The molecule has 1 fully saturated rings. The second-order valence-electron chi connectivity index (χ2n) is 4.56. The number of carbonyl (C=O) groups excluding carboxylic acids is 1. The average molecular weight is 222 g/mol. The Hall–Kier alpha value is -1.04. The summed E-state index contributed by atoms with van der Waals surface area (Å²) >= 11 is 0. The molecule has 1 aliphatic heterocycles. The number of nitrogens with zero attached hydrogens (tertiary/aromatic N) is 2. The molecule has 0 aromatic rings. The van der Waals surface area contributed by atoms with Gasteiger partial charge in [0.1, 0.15) is 5.92 Å². The third kappa shape index (κ3) is 2.98. The molecule has 90 valence electrons. The fourth-order valence-electron chi connectivity index (χ4n) is 2.45. The van der Waals surface area contributed by atoms with Gasteiger partial charge in [0.2, 0.25) is 5.91 Å². The van der Waals surface area contributed by atoms with Crippen molar-refractivity contribution in [1.82, 2.24) is 4.90 Å². The third-order valence-corrected chi connectivity index (χ3v) is 3.39. The Morgan fingerprint density at radius 2 is 2.25 bits per heavy atom. The maximum absolute atomic E-state index is 12.1. The molecule has 0 bridgehead atoms. The molecule has 1 aliphatic rings. The molecule has 0 aromatic carbocycles. The highest BCUT2D eigenvalue weighted by Gasteiger charge is 2.29. The number of rotatable bonds is 4. The molecule has 1 amide bonds. The van der Waals surface area contributed by atoms with Gasteiger partial charge in [-0.05, 0) is 32.1 Å². The normalized spacial score (nSPS) is 22.6. The first-order valence-electron chi connectivity index (χ1n) is 6.44. The van der Waals surface area contributed by atoms with Gasteiger partial charge in [0.15, 0.2) is 0 Å². The Bertz CT molecular complexity index is 268. The Morgan fingerprint density at radius 1 is 1.50 bits per heavy atom. The molecule has 0 aromatic heterocycles. The van der Waals surface area contributed by atoms with Gasteiger partial charge in [-0.25, -0.2) is 0 Å². The van der Waals surface area contributed by atoms with Crippen LogP contribution in [0.4, 0.5) is 0 Å². The van der Waals surface area contributed by atoms with Gasteiger partial charge in [0, 0.05) is 12.6 Å². The highest BCUT2D eigenvalue weighted by Crippen LogP contribution is 2.23. The summed E-state index contributed by atoms with van der Waals surface area (Å²) < 4.78 is 0. The van der Waals surface area contributed by atoms with Gasteiger partial charge in [-0.3, -0.25) is 4.79 Å². The number of likely N-dealkylation sites (tertiary alicyclic amines) is 1. The van der Waals surface area contributed by atoms with E-state index in [1.54, 1.807) is 0 Å². The topological polar surface area (TPSA) is 44.1 Å². The van der Waals surface area contributed by atoms with E-state index in [1.165, 1.54) is 6.42 Å². The first-order valence-corrected chi connectivity index (χ1v) is 6.44. The largest absolute Gasteiger partial charge is 0.339 e. The van der Waals surface area contributed by atoms with Crippen molar-refractivity contribution in [3.63, 3.8) is 0 Å². The van der Waals surface area contributed by atoms with Gasteiger partial charge in [-0.2, -0.15) is 5.26 Å². The van der Waals surface area contributed by atoms with Gasteiger partial charge in [0.05, 0.1) is 6.07 Å². The Balaban J connectivity index is 2.67. The summed E-state index contributed by atoms with van der Waals surface area (Å²) in [7, 11) is 0. The van der Waals surface area contributed by atoms with E-state index in [0.29, 0.717) is 12.5 Å². The van der Waals surface area contributed by atoms with Gasteiger partial charge >= 0.3 is 0 Å². The summed E-state index contributed by atoms with van der Waals surface area (Å²) in [5, 5.41) is 8.95. The SMILES string of the molecule is CCCC1CCCCN1C(=O)C(C#N)CC. The smallest absolute Gasteiger partial charge is 0.240 e. The van der Waals surface area contributed by atoms with Gasteiger partial charge in [-0.15, -0.1) is 0 Å². The molecule has 1 heterocycles. The third-order valence-electron chi connectivity index (χ3n) is 3.39. The van der Waals surface area contributed by atoms with E-state index >= 15 is 0 Å². The van der Waals surface area contributed by atoms with E-state index in [2.05, 4.69) is 13.0 Å². The van der Waals surface area contributed by atoms with Crippen LogP contribution in [0, 0.1) is 17.2 Å². The number of nitriles is 1. The highest BCUT2D eigenvalue weighted by atomic mass is 16.2. The standard InChI is InChI=1S/C13H22N2O/c1-3-7-12-8-5-6-9-15(12)13(16)11(4-2)10-14/h11-12H,3-9H2,1-2H3. The molecule has 2 atom stereocenters. The molecule has 16 heavy (non-hydrogen) atoms. The average Bonchev–Trinajstić information content (AvgIpc) is 2.31. The quantitative estimate of drug-likeness (QED) is 0.734. The minimum Gasteiger partial charge on any atom is -0.339 e. The molecule has 1 rings (SSSR count). The fourth-order valence-corrected chi connectivity index (χ4v) is 2.45. The predicted octanol–water partition coefficient (Wildman–Crippen LogP) is 2.72. The molecule has 0 saturated carbocycles. The van der Waals surface area contributed by atoms with Crippen molar-refractivity contribution >= 4 is 5.91 Å². The Kier molecular flexibility index (Phi) is 5.31. The zero-order valence-corrected chi connectivity index (χ0v) is 10.4. The molecule has 3 nitrogen and oxygen atoms in total. The van der Waals surface area contributed by atoms with Crippen molar-refractivity contribution in [2.75, 3.05) is 6.54 Å². The van der Waals surface area contributed by atoms with Crippen molar-refractivity contribution in [2.45, 2.75) is 58.4 Å². The summed E-state index contributed by atoms with van der Waals surface area (Å²) in [5.41, 5.74) is 0. The maximum atomic E-state index is 12.1. The molecule has 0 N–H and O–H groups in total. The van der Waals surface area contributed by atoms with E-state index in [-0.39, 0.29) is 5.91 Å². The van der Waals surface area contributed by atoms with E-state index in [9.17, 15) is 4.79 Å². The lowest BCUT2D eigenvalue weighted by Crippen LogP contribution is -2.46. The molecule has 1 saturated heterocycles. The summed E-state index contributed by atoms with van der Waals surface area (Å²) in [5.74, 6) is -0.374. The lowest BCUT2D eigenvalue weighted by atomic mass is 9.95. The zero-order chi connectivity index (χ0) is 12.0. The molecule has 3 heteroatoms. The number of carbonyl (C=O) groups is 1. The van der Waals surface area contributed by atoms with Crippen LogP contribution in [-0.4, -0.2) is 23.4 Å². The molecule has 0 radical (unpaired) electrons. The van der Waals surface area contributed by atoms with Gasteiger partial charge in [-0.1, -0.05) is 20.3 Å². The van der Waals surface area contributed by atoms with Crippen LogP contribution in [0.2, 0.25) is 0 Å². The second-order valence-corrected chi connectivity index (χ2v) is 4.56. The van der Waals surface area contributed by atoms with Gasteiger partial charge in [0.25, 0.3) is 0 Å². The Morgan fingerprint density at radius 3 is 2.81 bits per heavy atom. The van der Waals surface area contributed by atoms with Crippen molar-refractivity contribution in [3.05, 3.63) is 0 Å². The summed E-state index contributed by atoms with van der Waals surface area (Å²) in [6, 6.07) is 2.50. The molecule has 0 spiro atoms. The number of hydrogen-bond donors (Lipinski definition) is 0. The Labute approximate surface area is 98.4 Å². The van der Waals surface area contributed by atoms with Crippen molar-refractivity contribution in [3.8, 4) is 6.07 Å². The minimum atomic E-state index is -0.433. The van der Waals surface area contributed by atoms with Crippen LogP contribution in [0.3, 0.4) is 0 Å². The van der Waals surface area contributed by atoms with Crippen LogP contribution in [0.25, 0.3) is 0 Å². The first kappa shape index (κ1) is 13.0. The molecule has 0 aliphatic carbocycles. The summed E-state index contributed by atoms with van der Waals surface area (Å²) in [6.45, 7) is 4.91. The van der Waals surface area contributed by atoms with E-state index < -0.39 is 5.92 Å². The first-order chi connectivity index (χ1) is 7.74. The highest BCUT2D eigenvalue weighted by molar-refractivity contribution is 5.81. The molecular formula is C13H22N2O. The molecule has 2 unspecified atom stereocenters. The van der Waals surface area contributed by atoms with Crippen LogP contribution < -0.4 is 0 Å². The monoisotopic (exact) mass is 222 g/mol. The lowest BCUT2D eigenvalue weighted by molar-refractivity contribution is -0.137. The summed E-state index contributed by atoms with van der Waals surface area (Å²) in [6.07, 6.45) is 6.24. The predicted molar refractivity (Wildman–Crippen MR) is 63.7 cm³/mol. The fraction of sp³-hybridized carbons (Fsp3) is 0.846. The molecular weight excluding hydrogens is 200 g/mol. The van der Waals surface area contributed by atoms with E-state index in [4.69, 9.17) is 5.26 Å². The second kappa shape index (κ2) is 6.52. The van der Waals surface area contributed by atoms with Crippen LogP contribution in [0.5, 0.6) is 0 Å². The van der Waals surface area contributed by atoms with Crippen molar-refractivity contribution in [1.29, 1.82) is 5.26 Å². The van der Waals surface area contributed by atoms with Crippen LogP contribution >= 0.6 is 0 Å². The van der Waals surface area contributed by atoms with Crippen LogP contribution in [0.15, 0.2) is 0 Å². The van der Waals surface area contributed by atoms with Crippen molar-refractivity contribution in [2.24, 2.45) is 5.92 Å².